The molecule has 1 atom stereocenters. The normalized spacial score (nSPS) is 15.1. The van der Waals surface area contributed by atoms with Crippen LogP contribution in [0, 0.1) is 0 Å². The molecule has 1 unspecified atom stereocenters. The van der Waals surface area contributed by atoms with Crippen LogP contribution in [0.2, 0.25) is 0 Å². The first-order chi connectivity index (χ1) is 7.73. The van der Waals surface area contributed by atoms with Crippen LogP contribution in [-0.4, -0.2) is 24.4 Å². The molecule has 17 heavy (non-hydrogen) atoms. The number of benzene rings is 1. The van der Waals surface area contributed by atoms with Crippen molar-refractivity contribution in [2.75, 3.05) is 7.11 Å². The number of ether oxygens (including phenoxy) is 1. The lowest BCUT2D eigenvalue weighted by Gasteiger charge is -2.27. The minimum atomic E-state index is -5.02. The number of phenols is 1. The standard InChI is InChI=1S/C10H8ClF3O3/c1-17-8(16)9(11,10(12,13)14)6-2-4-7(15)5-3-6/h2-5,15H,1H3. The second kappa shape index (κ2) is 4.44. The summed E-state index contributed by atoms with van der Waals surface area (Å²) in [6.07, 6.45) is -5.02. The lowest BCUT2D eigenvalue weighted by Crippen LogP contribution is -2.45. The summed E-state index contributed by atoms with van der Waals surface area (Å²) in [5.41, 5.74) is -0.517. The Morgan fingerprint density at radius 1 is 1.29 bits per heavy atom. The number of aromatic hydroxyl groups is 1. The van der Waals surface area contributed by atoms with Gasteiger partial charge in [-0.3, -0.25) is 0 Å². The lowest BCUT2D eigenvalue weighted by molar-refractivity contribution is -0.189. The molecular formula is C10H8ClF3O3. The van der Waals surface area contributed by atoms with Crippen molar-refractivity contribution in [2.45, 2.75) is 11.1 Å². The Bertz CT molecular complexity index is 416. The fourth-order valence-corrected chi connectivity index (χ4v) is 1.43. The van der Waals surface area contributed by atoms with Crippen LogP contribution in [0.3, 0.4) is 0 Å². The van der Waals surface area contributed by atoms with Gasteiger partial charge in [0, 0.05) is 0 Å². The molecule has 0 aliphatic heterocycles. The van der Waals surface area contributed by atoms with E-state index in [1.54, 1.807) is 0 Å². The largest absolute Gasteiger partial charge is 0.508 e. The number of hydrogen-bond donors (Lipinski definition) is 1. The second-order valence-electron chi connectivity index (χ2n) is 3.19. The minimum absolute atomic E-state index is 0.236. The van der Waals surface area contributed by atoms with Gasteiger partial charge < -0.3 is 9.84 Å². The van der Waals surface area contributed by atoms with E-state index in [4.69, 9.17) is 16.7 Å². The third kappa shape index (κ3) is 2.31. The zero-order chi connectivity index (χ0) is 13.3. The molecule has 0 fully saturated rings. The Balaban J connectivity index is 3.34. The van der Waals surface area contributed by atoms with Crippen LogP contribution < -0.4 is 0 Å². The van der Waals surface area contributed by atoms with E-state index in [2.05, 4.69) is 4.74 Å². The van der Waals surface area contributed by atoms with E-state index in [1.807, 2.05) is 0 Å². The molecular weight excluding hydrogens is 261 g/mol. The van der Waals surface area contributed by atoms with Crippen LogP contribution in [0.15, 0.2) is 24.3 Å². The van der Waals surface area contributed by atoms with Gasteiger partial charge in [0.2, 0.25) is 0 Å². The van der Waals surface area contributed by atoms with Crippen molar-refractivity contribution < 1.29 is 27.8 Å². The zero-order valence-corrected chi connectivity index (χ0v) is 9.34. The van der Waals surface area contributed by atoms with Crippen LogP contribution >= 0.6 is 11.6 Å². The van der Waals surface area contributed by atoms with Crippen molar-refractivity contribution in [1.82, 2.24) is 0 Å². The molecule has 1 rings (SSSR count). The predicted octanol–water partition coefficient (Wildman–Crippen LogP) is 2.56. The van der Waals surface area contributed by atoms with Crippen molar-refractivity contribution in [3.05, 3.63) is 29.8 Å². The fraction of sp³-hybridized carbons (Fsp3) is 0.300. The van der Waals surface area contributed by atoms with Crippen molar-refractivity contribution in [3.63, 3.8) is 0 Å². The third-order valence-corrected chi connectivity index (χ3v) is 2.71. The first kappa shape index (κ1) is 13.6. The van der Waals surface area contributed by atoms with E-state index < -0.39 is 22.6 Å². The highest BCUT2D eigenvalue weighted by Gasteiger charge is 2.61. The summed E-state index contributed by atoms with van der Waals surface area (Å²) in [4.78, 5) is 7.96. The van der Waals surface area contributed by atoms with Crippen molar-refractivity contribution in [1.29, 1.82) is 0 Å². The number of alkyl halides is 4. The van der Waals surface area contributed by atoms with Gasteiger partial charge in [-0.05, 0) is 17.7 Å². The van der Waals surface area contributed by atoms with Crippen LogP contribution in [0.1, 0.15) is 5.56 Å². The highest BCUT2D eigenvalue weighted by Crippen LogP contribution is 2.45. The quantitative estimate of drug-likeness (QED) is 0.662. The number of rotatable bonds is 2. The summed E-state index contributed by atoms with van der Waals surface area (Å²) in [7, 11) is 0.811. The smallest absolute Gasteiger partial charge is 0.422 e. The second-order valence-corrected chi connectivity index (χ2v) is 3.76. The van der Waals surface area contributed by atoms with Gasteiger partial charge in [0.05, 0.1) is 7.11 Å². The molecule has 0 bridgehead atoms. The molecule has 94 valence electrons. The van der Waals surface area contributed by atoms with Crippen LogP contribution in [-0.2, 0) is 14.4 Å². The summed E-state index contributed by atoms with van der Waals surface area (Å²) < 4.78 is 42.6. The number of carbonyl (C=O) groups excluding carboxylic acids is 1. The number of hydrogen-bond acceptors (Lipinski definition) is 3. The molecule has 0 amide bonds. The van der Waals surface area contributed by atoms with E-state index in [1.165, 1.54) is 0 Å². The Labute approximate surface area is 99.8 Å². The van der Waals surface area contributed by atoms with E-state index in [0.29, 0.717) is 0 Å². The summed E-state index contributed by atoms with van der Waals surface area (Å²) in [6.45, 7) is 0. The molecule has 0 aliphatic rings. The molecule has 0 saturated heterocycles. The summed E-state index contributed by atoms with van der Waals surface area (Å²) >= 11 is 5.36. The monoisotopic (exact) mass is 268 g/mol. The Hall–Kier alpha value is -1.43. The molecule has 1 aromatic carbocycles. The fourth-order valence-electron chi connectivity index (χ4n) is 1.23. The average molecular weight is 269 g/mol. The van der Waals surface area contributed by atoms with Gasteiger partial charge in [-0.1, -0.05) is 23.7 Å². The Morgan fingerprint density at radius 3 is 2.12 bits per heavy atom. The molecule has 0 spiro atoms. The number of esters is 1. The number of methoxy groups -OCH3 is 1. The van der Waals surface area contributed by atoms with Crippen molar-refractivity contribution in [2.24, 2.45) is 0 Å². The molecule has 3 nitrogen and oxygen atoms in total. The van der Waals surface area contributed by atoms with Crippen LogP contribution in [0.5, 0.6) is 5.75 Å². The van der Waals surface area contributed by atoms with Crippen LogP contribution in [0.25, 0.3) is 0 Å². The molecule has 1 N–H and O–H groups in total. The zero-order valence-electron chi connectivity index (χ0n) is 8.58. The van der Waals surface area contributed by atoms with Gasteiger partial charge in [0.15, 0.2) is 0 Å². The van der Waals surface area contributed by atoms with Gasteiger partial charge in [-0.25, -0.2) is 4.79 Å². The summed E-state index contributed by atoms with van der Waals surface area (Å²) in [6, 6.07) is 3.82. The highest BCUT2D eigenvalue weighted by atomic mass is 35.5. The molecule has 0 aliphatic carbocycles. The summed E-state index contributed by atoms with van der Waals surface area (Å²) in [5.74, 6) is -1.86. The van der Waals surface area contributed by atoms with E-state index in [-0.39, 0.29) is 5.75 Å². The third-order valence-electron chi connectivity index (χ3n) is 2.12. The van der Waals surface area contributed by atoms with Crippen LogP contribution in [0.4, 0.5) is 13.2 Å². The first-order valence-corrected chi connectivity index (χ1v) is 4.75. The molecule has 0 radical (unpaired) electrons. The maximum Gasteiger partial charge on any atom is 0.422 e. The maximum absolute atomic E-state index is 12.8. The average Bonchev–Trinajstić information content (AvgIpc) is 2.26. The number of phenolic OH excluding ortho intramolecular Hbond substituents is 1. The van der Waals surface area contributed by atoms with E-state index >= 15 is 0 Å². The lowest BCUT2D eigenvalue weighted by atomic mass is 9.97. The topological polar surface area (TPSA) is 46.5 Å². The van der Waals surface area contributed by atoms with Gasteiger partial charge in [-0.15, -0.1) is 0 Å². The predicted molar refractivity (Wildman–Crippen MR) is 53.7 cm³/mol. The van der Waals surface area contributed by atoms with Gasteiger partial charge in [-0.2, -0.15) is 13.2 Å². The molecule has 1 aromatic rings. The number of carbonyl (C=O) groups is 1. The van der Waals surface area contributed by atoms with Crippen molar-refractivity contribution in [3.8, 4) is 5.75 Å². The SMILES string of the molecule is COC(=O)C(Cl)(c1ccc(O)cc1)C(F)(F)F. The molecule has 0 heterocycles. The highest BCUT2D eigenvalue weighted by molar-refractivity contribution is 6.34. The van der Waals surface area contributed by atoms with Gasteiger partial charge in [0.25, 0.3) is 4.87 Å². The number of halogens is 4. The minimum Gasteiger partial charge on any atom is -0.508 e. The van der Waals surface area contributed by atoms with E-state index in [0.717, 1.165) is 31.4 Å². The Morgan fingerprint density at radius 2 is 1.76 bits per heavy atom. The van der Waals surface area contributed by atoms with Crippen molar-refractivity contribution >= 4 is 17.6 Å². The molecule has 0 aromatic heterocycles. The molecule has 7 heteroatoms. The van der Waals surface area contributed by atoms with E-state index in [9.17, 15) is 18.0 Å². The van der Waals surface area contributed by atoms with Gasteiger partial charge >= 0.3 is 12.1 Å². The Kier molecular flexibility index (Phi) is 3.56. The summed E-state index contributed by atoms with van der Waals surface area (Å²) in [5, 5.41) is 8.98. The first-order valence-electron chi connectivity index (χ1n) is 4.37. The molecule has 0 saturated carbocycles. The van der Waals surface area contributed by atoms with Gasteiger partial charge in [0.1, 0.15) is 5.75 Å². The maximum atomic E-state index is 12.8.